The van der Waals surface area contributed by atoms with Crippen LogP contribution in [0.4, 0.5) is 0 Å². The summed E-state index contributed by atoms with van der Waals surface area (Å²) in [5.74, 6) is 0. The van der Waals surface area contributed by atoms with Crippen molar-refractivity contribution in [3.8, 4) is 0 Å². The lowest BCUT2D eigenvalue weighted by Crippen LogP contribution is -2.30. The monoisotopic (exact) mass is 222 g/mol. The Labute approximate surface area is 101 Å². The first kappa shape index (κ1) is 10.3. The SMILES string of the molecule is CC.c1cc2c3c(c1)ccc1ccc[n+](c13)C2. The molecule has 2 heterocycles. The number of benzene rings is 2. The Bertz CT molecular complexity index is 638. The summed E-state index contributed by atoms with van der Waals surface area (Å²) < 4.78 is 2.34. The summed E-state index contributed by atoms with van der Waals surface area (Å²) >= 11 is 0. The molecule has 2 aromatic carbocycles. The molecule has 84 valence electrons. The molecule has 0 radical (unpaired) electrons. The lowest BCUT2D eigenvalue weighted by molar-refractivity contribution is -0.657. The third kappa shape index (κ3) is 1.35. The molecule has 17 heavy (non-hydrogen) atoms. The molecule has 1 aliphatic rings. The first-order valence-electron chi connectivity index (χ1n) is 6.26. The third-order valence-electron chi connectivity index (χ3n) is 3.31. The van der Waals surface area contributed by atoms with Gasteiger partial charge in [-0.3, -0.25) is 0 Å². The zero-order valence-electron chi connectivity index (χ0n) is 10.3. The summed E-state index contributed by atoms with van der Waals surface area (Å²) in [5, 5.41) is 4.14. The van der Waals surface area contributed by atoms with Gasteiger partial charge in [-0.05, 0) is 17.5 Å². The van der Waals surface area contributed by atoms with Crippen molar-refractivity contribution in [1.82, 2.24) is 0 Å². The van der Waals surface area contributed by atoms with Crippen LogP contribution in [0.3, 0.4) is 0 Å². The second kappa shape index (κ2) is 3.85. The first-order valence-corrected chi connectivity index (χ1v) is 6.26. The van der Waals surface area contributed by atoms with E-state index in [-0.39, 0.29) is 0 Å². The van der Waals surface area contributed by atoms with Gasteiger partial charge in [0.15, 0.2) is 12.7 Å². The van der Waals surface area contributed by atoms with Gasteiger partial charge < -0.3 is 0 Å². The molecule has 1 aliphatic heterocycles. The fraction of sp³-hybridized carbons (Fsp3) is 0.188. The minimum Gasteiger partial charge on any atom is -0.193 e. The first-order chi connectivity index (χ1) is 8.43. The fourth-order valence-corrected chi connectivity index (χ4v) is 2.67. The topological polar surface area (TPSA) is 3.88 Å². The quantitative estimate of drug-likeness (QED) is 0.316. The molecule has 0 unspecified atom stereocenters. The Morgan fingerprint density at radius 3 is 2.53 bits per heavy atom. The van der Waals surface area contributed by atoms with E-state index in [1.165, 1.54) is 27.2 Å². The van der Waals surface area contributed by atoms with Crippen LogP contribution in [-0.2, 0) is 6.54 Å². The molecular formula is C16H16N+. The van der Waals surface area contributed by atoms with Gasteiger partial charge in [0, 0.05) is 17.0 Å². The second-order valence-electron chi connectivity index (χ2n) is 4.15. The Morgan fingerprint density at radius 2 is 1.65 bits per heavy atom. The van der Waals surface area contributed by atoms with Gasteiger partial charge in [-0.25, -0.2) is 0 Å². The van der Waals surface area contributed by atoms with E-state index in [0.29, 0.717) is 0 Å². The Morgan fingerprint density at radius 1 is 0.882 bits per heavy atom. The number of rotatable bonds is 0. The molecular weight excluding hydrogens is 206 g/mol. The van der Waals surface area contributed by atoms with Crippen molar-refractivity contribution >= 4 is 21.7 Å². The fourth-order valence-electron chi connectivity index (χ4n) is 2.67. The highest BCUT2D eigenvalue weighted by Gasteiger charge is 2.22. The smallest absolute Gasteiger partial charge is 0.193 e. The summed E-state index contributed by atoms with van der Waals surface area (Å²) in [4.78, 5) is 0. The standard InChI is InChI=1S/C14H10N.C2H6/c1-3-10-6-7-11-5-2-8-15-9-12(4-1)13(10)14(11)15;1-2/h1-8H,9H2;1-2H3/q+1;. The molecule has 0 spiro atoms. The van der Waals surface area contributed by atoms with E-state index in [1.807, 2.05) is 13.8 Å². The van der Waals surface area contributed by atoms with Gasteiger partial charge in [-0.1, -0.05) is 38.1 Å². The van der Waals surface area contributed by atoms with Crippen molar-refractivity contribution in [2.45, 2.75) is 20.4 Å². The number of hydrogen-bond acceptors (Lipinski definition) is 0. The van der Waals surface area contributed by atoms with Crippen LogP contribution in [0.2, 0.25) is 0 Å². The van der Waals surface area contributed by atoms with Gasteiger partial charge in [0.05, 0.1) is 5.39 Å². The lowest BCUT2D eigenvalue weighted by Gasteiger charge is -1.96. The summed E-state index contributed by atoms with van der Waals surface area (Å²) in [5.41, 5.74) is 2.84. The predicted octanol–water partition coefficient (Wildman–Crippen LogP) is 3.67. The lowest BCUT2D eigenvalue weighted by atomic mass is 10.0. The molecule has 0 atom stereocenters. The van der Waals surface area contributed by atoms with E-state index in [2.05, 4.69) is 53.2 Å². The van der Waals surface area contributed by atoms with Crippen molar-refractivity contribution in [2.24, 2.45) is 0 Å². The molecule has 0 aliphatic carbocycles. The molecule has 0 amide bonds. The van der Waals surface area contributed by atoms with Crippen LogP contribution in [0.1, 0.15) is 19.4 Å². The summed E-state index contributed by atoms with van der Waals surface area (Å²) in [6, 6.07) is 15.3. The van der Waals surface area contributed by atoms with Gasteiger partial charge in [0.25, 0.3) is 0 Å². The van der Waals surface area contributed by atoms with E-state index in [0.717, 1.165) is 6.54 Å². The van der Waals surface area contributed by atoms with Crippen molar-refractivity contribution in [3.63, 3.8) is 0 Å². The molecule has 1 heteroatoms. The summed E-state index contributed by atoms with van der Waals surface area (Å²) in [7, 11) is 0. The van der Waals surface area contributed by atoms with Crippen molar-refractivity contribution in [1.29, 1.82) is 0 Å². The highest BCUT2D eigenvalue weighted by atomic mass is 15.0. The second-order valence-corrected chi connectivity index (χ2v) is 4.15. The molecule has 0 saturated carbocycles. The van der Waals surface area contributed by atoms with Crippen molar-refractivity contribution in [3.05, 3.63) is 54.2 Å². The van der Waals surface area contributed by atoms with Gasteiger partial charge in [-0.15, -0.1) is 0 Å². The number of nitrogens with zero attached hydrogens (tertiary/aromatic N) is 1. The van der Waals surface area contributed by atoms with E-state index >= 15 is 0 Å². The molecule has 1 nitrogen and oxygen atoms in total. The average Bonchev–Trinajstić information content (AvgIpc) is 2.79. The molecule has 3 aromatic rings. The maximum Gasteiger partial charge on any atom is 0.221 e. The zero-order chi connectivity index (χ0) is 11.8. The van der Waals surface area contributed by atoms with Crippen LogP contribution in [0.25, 0.3) is 21.7 Å². The van der Waals surface area contributed by atoms with Crippen molar-refractivity contribution in [2.75, 3.05) is 0 Å². The molecule has 0 fully saturated rings. The Kier molecular flexibility index (Phi) is 2.32. The summed E-state index contributed by atoms with van der Waals surface area (Å²) in [6.45, 7) is 5.02. The van der Waals surface area contributed by atoms with E-state index in [4.69, 9.17) is 0 Å². The Hall–Kier alpha value is -1.89. The van der Waals surface area contributed by atoms with Crippen LogP contribution in [0.5, 0.6) is 0 Å². The maximum atomic E-state index is 2.34. The van der Waals surface area contributed by atoms with Gasteiger partial charge in [0.1, 0.15) is 0 Å². The Balaban J connectivity index is 0.000000431. The highest BCUT2D eigenvalue weighted by Crippen LogP contribution is 2.29. The molecule has 0 bridgehead atoms. The third-order valence-corrected chi connectivity index (χ3v) is 3.31. The van der Waals surface area contributed by atoms with Gasteiger partial charge in [-0.2, -0.15) is 4.57 Å². The largest absolute Gasteiger partial charge is 0.221 e. The van der Waals surface area contributed by atoms with Gasteiger partial charge in [0.2, 0.25) is 5.52 Å². The average molecular weight is 222 g/mol. The minimum absolute atomic E-state index is 1.02. The van der Waals surface area contributed by atoms with Crippen molar-refractivity contribution < 1.29 is 4.57 Å². The van der Waals surface area contributed by atoms with Crippen LogP contribution >= 0.6 is 0 Å². The van der Waals surface area contributed by atoms with E-state index < -0.39 is 0 Å². The molecule has 1 aromatic heterocycles. The minimum atomic E-state index is 1.02. The van der Waals surface area contributed by atoms with Crippen LogP contribution < -0.4 is 4.57 Å². The van der Waals surface area contributed by atoms with Crippen LogP contribution in [0.15, 0.2) is 48.7 Å². The number of pyridine rings is 1. The van der Waals surface area contributed by atoms with Crippen LogP contribution in [-0.4, -0.2) is 0 Å². The van der Waals surface area contributed by atoms with Gasteiger partial charge >= 0.3 is 0 Å². The van der Waals surface area contributed by atoms with E-state index in [1.54, 1.807) is 0 Å². The molecule has 4 rings (SSSR count). The highest BCUT2D eigenvalue weighted by molar-refractivity contribution is 6.06. The molecule has 0 N–H and O–H groups in total. The van der Waals surface area contributed by atoms with Crippen LogP contribution in [0, 0.1) is 0 Å². The summed E-state index contributed by atoms with van der Waals surface area (Å²) in [6.07, 6.45) is 2.17. The number of hydrogen-bond donors (Lipinski definition) is 0. The zero-order valence-corrected chi connectivity index (χ0v) is 10.3. The van der Waals surface area contributed by atoms with E-state index in [9.17, 15) is 0 Å². The number of aromatic nitrogens is 1. The predicted molar refractivity (Wildman–Crippen MR) is 72.1 cm³/mol. The normalized spacial score (nSPS) is 11.9. The molecule has 0 saturated heterocycles. The maximum absolute atomic E-state index is 2.34.